The van der Waals surface area contributed by atoms with Crippen LogP contribution in [-0.2, 0) is 0 Å². The van der Waals surface area contributed by atoms with Gasteiger partial charge in [-0.3, -0.25) is 0 Å². The molecule has 0 radical (unpaired) electrons. The van der Waals surface area contributed by atoms with Crippen molar-refractivity contribution in [3.63, 3.8) is 0 Å². The lowest BCUT2D eigenvalue weighted by Crippen LogP contribution is -2.20. The molecule has 0 aromatic carbocycles. The molecular formula is C11H15N. The van der Waals surface area contributed by atoms with Crippen molar-refractivity contribution in [2.45, 2.75) is 32.6 Å². The highest BCUT2D eigenvalue weighted by atomic mass is 14.9. The number of allylic oxidation sites excluding steroid dienone is 4. The minimum absolute atomic E-state index is 1.05. The molecule has 0 spiro atoms. The Bertz CT molecular complexity index is 281. The summed E-state index contributed by atoms with van der Waals surface area (Å²) in [7, 11) is 0. The van der Waals surface area contributed by atoms with Gasteiger partial charge in [0.05, 0.1) is 0 Å². The molecule has 1 aliphatic heterocycles. The second-order valence-corrected chi connectivity index (χ2v) is 3.64. The smallest absolute Gasteiger partial charge is 0.0311 e. The molecule has 0 amide bonds. The summed E-state index contributed by atoms with van der Waals surface area (Å²) < 4.78 is 0. The highest BCUT2D eigenvalue weighted by molar-refractivity contribution is 5.44. The summed E-state index contributed by atoms with van der Waals surface area (Å²) in [5.74, 6) is 0. The molecule has 0 saturated heterocycles. The van der Waals surface area contributed by atoms with E-state index in [1.54, 1.807) is 0 Å². The summed E-state index contributed by atoms with van der Waals surface area (Å²) in [6, 6.07) is 0. The molecule has 0 unspecified atom stereocenters. The Balaban J connectivity index is 2.35. The number of rotatable bonds is 0. The highest BCUT2D eigenvalue weighted by Crippen LogP contribution is 2.31. The topological polar surface area (TPSA) is 12.0 Å². The molecule has 1 aliphatic carbocycles. The van der Waals surface area contributed by atoms with E-state index in [0.29, 0.717) is 0 Å². The van der Waals surface area contributed by atoms with Crippen molar-refractivity contribution >= 4 is 0 Å². The number of nitrogens with one attached hydrogen (secondary N) is 1. The van der Waals surface area contributed by atoms with Gasteiger partial charge in [-0.1, -0.05) is 6.58 Å². The fraction of sp³-hybridized carbons (Fsp3) is 0.455. The van der Waals surface area contributed by atoms with Gasteiger partial charge in [0.15, 0.2) is 0 Å². The predicted octanol–water partition coefficient (Wildman–Crippen LogP) is 2.88. The zero-order valence-electron chi connectivity index (χ0n) is 7.61. The van der Waals surface area contributed by atoms with E-state index in [2.05, 4.69) is 24.9 Å². The monoisotopic (exact) mass is 161 g/mol. The lowest BCUT2D eigenvalue weighted by atomic mass is 9.89. The van der Waals surface area contributed by atoms with Gasteiger partial charge in [-0.05, 0) is 49.8 Å². The number of hydrogen-bond donors (Lipinski definition) is 1. The molecule has 1 nitrogen and oxygen atoms in total. The molecule has 2 aliphatic rings. The minimum Gasteiger partial charge on any atom is -0.359 e. The average molecular weight is 161 g/mol. The molecule has 0 saturated carbocycles. The largest absolute Gasteiger partial charge is 0.359 e. The predicted molar refractivity (Wildman–Crippen MR) is 51.5 cm³/mol. The van der Waals surface area contributed by atoms with Gasteiger partial charge < -0.3 is 5.32 Å². The first-order valence-corrected chi connectivity index (χ1v) is 4.64. The molecular weight excluding hydrogens is 146 g/mol. The van der Waals surface area contributed by atoms with Gasteiger partial charge in [-0.25, -0.2) is 0 Å². The van der Waals surface area contributed by atoms with Crippen LogP contribution in [0, 0.1) is 0 Å². The zero-order valence-corrected chi connectivity index (χ0v) is 7.61. The van der Waals surface area contributed by atoms with Gasteiger partial charge in [-0.2, -0.15) is 0 Å². The highest BCUT2D eigenvalue weighted by Gasteiger charge is 2.17. The van der Waals surface area contributed by atoms with Gasteiger partial charge >= 0.3 is 0 Å². The normalized spacial score (nSPS) is 23.1. The standard InChI is InChI=1S/C11H15N/c1-8-7-9(2)12-11-6-4-3-5-10(8)11/h7,12H,2-6H2,1H3. The third kappa shape index (κ3) is 1.20. The molecule has 1 heteroatoms. The quantitative estimate of drug-likeness (QED) is 0.576. The van der Waals surface area contributed by atoms with Crippen molar-refractivity contribution in [1.29, 1.82) is 0 Å². The molecule has 0 aromatic rings. The average Bonchev–Trinajstić information content (AvgIpc) is 2.04. The van der Waals surface area contributed by atoms with E-state index in [-0.39, 0.29) is 0 Å². The summed E-state index contributed by atoms with van der Waals surface area (Å²) in [4.78, 5) is 0. The Hall–Kier alpha value is -0.980. The number of hydrogen-bond acceptors (Lipinski definition) is 1. The Kier molecular flexibility index (Phi) is 1.80. The third-order valence-corrected chi connectivity index (χ3v) is 2.65. The molecule has 0 aromatic heterocycles. The SMILES string of the molecule is C=C1C=C(C)C2=C(CCCC2)N1. The Labute approximate surface area is 73.9 Å². The van der Waals surface area contributed by atoms with E-state index in [1.165, 1.54) is 42.5 Å². The van der Waals surface area contributed by atoms with Crippen LogP contribution in [0.3, 0.4) is 0 Å². The van der Waals surface area contributed by atoms with E-state index in [4.69, 9.17) is 0 Å². The van der Waals surface area contributed by atoms with Gasteiger partial charge in [0.25, 0.3) is 0 Å². The van der Waals surface area contributed by atoms with Crippen LogP contribution in [0.5, 0.6) is 0 Å². The maximum Gasteiger partial charge on any atom is 0.0311 e. The van der Waals surface area contributed by atoms with Gasteiger partial charge in [0, 0.05) is 11.4 Å². The molecule has 64 valence electrons. The van der Waals surface area contributed by atoms with Crippen LogP contribution in [-0.4, -0.2) is 0 Å². The fourth-order valence-electron chi connectivity index (χ4n) is 2.06. The summed E-state index contributed by atoms with van der Waals surface area (Å²) >= 11 is 0. The first-order valence-electron chi connectivity index (χ1n) is 4.64. The van der Waals surface area contributed by atoms with Crippen molar-refractivity contribution < 1.29 is 0 Å². The fourth-order valence-corrected chi connectivity index (χ4v) is 2.06. The molecule has 0 bridgehead atoms. The summed E-state index contributed by atoms with van der Waals surface area (Å²) in [5.41, 5.74) is 5.42. The van der Waals surface area contributed by atoms with E-state index in [0.717, 1.165) is 5.70 Å². The van der Waals surface area contributed by atoms with Crippen LogP contribution >= 0.6 is 0 Å². The lowest BCUT2D eigenvalue weighted by Gasteiger charge is -2.26. The van der Waals surface area contributed by atoms with Gasteiger partial charge in [-0.15, -0.1) is 0 Å². The van der Waals surface area contributed by atoms with Crippen molar-refractivity contribution in [3.8, 4) is 0 Å². The van der Waals surface area contributed by atoms with E-state index in [9.17, 15) is 0 Å². The van der Waals surface area contributed by atoms with E-state index >= 15 is 0 Å². The van der Waals surface area contributed by atoms with Crippen molar-refractivity contribution in [2.24, 2.45) is 0 Å². The van der Waals surface area contributed by atoms with Gasteiger partial charge in [0.2, 0.25) is 0 Å². The maximum atomic E-state index is 3.93. The van der Waals surface area contributed by atoms with Crippen LogP contribution < -0.4 is 5.32 Å². The Morgan fingerprint density at radius 1 is 1.33 bits per heavy atom. The second kappa shape index (κ2) is 2.81. The molecule has 0 fully saturated rings. The van der Waals surface area contributed by atoms with Crippen molar-refractivity contribution in [1.82, 2.24) is 5.32 Å². The van der Waals surface area contributed by atoms with E-state index < -0.39 is 0 Å². The van der Waals surface area contributed by atoms with E-state index in [1.807, 2.05) is 0 Å². The minimum atomic E-state index is 1.05. The molecule has 1 N–H and O–H groups in total. The zero-order chi connectivity index (χ0) is 8.55. The second-order valence-electron chi connectivity index (χ2n) is 3.64. The number of dihydropyridines is 1. The van der Waals surface area contributed by atoms with Crippen LogP contribution in [0.1, 0.15) is 32.6 Å². The van der Waals surface area contributed by atoms with Crippen LogP contribution in [0.2, 0.25) is 0 Å². The third-order valence-electron chi connectivity index (χ3n) is 2.65. The van der Waals surface area contributed by atoms with Crippen LogP contribution in [0.4, 0.5) is 0 Å². The molecule has 1 heterocycles. The molecule has 0 atom stereocenters. The van der Waals surface area contributed by atoms with Crippen molar-refractivity contribution in [3.05, 3.63) is 35.2 Å². The summed E-state index contributed by atoms with van der Waals surface area (Å²) in [6.07, 6.45) is 7.27. The summed E-state index contributed by atoms with van der Waals surface area (Å²) in [6.45, 7) is 6.12. The lowest BCUT2D eigenvalue weighted by molar-refractivity contribution is 0.640. The first kappa shape index (κ1) is 7.66. The summed E-state index contributed by atoms with van der Waals surface area (Å²) in [5, 5.41) is 3.36. The Morgan fingerprint density at radius 2 is 2.08 bits per heavy atom. The Morgan fingerprint density at radius 3 is 2.92 bits per heavy atom. The van der Waals surface area contributed by atoms with Crippen LogP contribution in [0.15, 0.2) is 35.2 Å². The maximum absolute atomic E-state index is 3.93. The van der Waals surface area contributed by atoms with Gasteiger partial charge in [0.1, 0.15) is 0 Å². The van der Waals surface area contributed by atoms with Crippen molar-refractivity contribution in [2.75, 3.05) is 0 Å². The van der Waals surface area contributed by atoms with Crippen LogP contribution in [0.25, 0.3) is 0 Å². The first-order chi connectivity index (χ1) is 5.77. The molecule has 12 heavy (non-hydrogen) atoms. The molecule has 2 rings (SSSR count).